The van der Waals surface area contributed by atoms with Crippen LogP contribution in [-0.2, 0) is 9.53 Å². The molecule has 3 nitrogen and oxygen atoms in total. The number of carbonyl (C=O) groups is 1. The van der Waals surface area contributed by atoms with Crippen LogP contribution in [0, 0.1) is 5.92 Å². The number of benzene rings is 1. The first-order valence-corrected chi connectivity index (χ1v) is 7.28. The van der Waals surface area contributed by atoms with E-state index in [0.29, 0.717) is 12.0 Å². The minimum atomic E-state index is -0.00880. The summed E-state index contributed by atoms with van der Waals surface area (Å²) in [4.78, 5) is 11.9. The van der Waals surface area contributed by atoms with E-state index in [1.165, 1.54) is 0 Å². The van der Waals surface area contributed by atoms with Crippen LogP contribution in [0.3, 0.4) is 0 Å². The molecule has 1 aromatic rings. The number of nitrogens with one attached hydrogen (secondary N) is 1. The molecule has 0 radical (unpaired) electrons. The summed E-state index contributed by atoms with van der Waals surface area (Å²) >= 11 is 0. The average molecular weight is 273 g/mol. The van der Waals surface area contributed by atoms with Crippen LogP contribution in [0.4, 0.5) is 0 Å². The van der Waals surface area contributed by atoms with Crippen molar-refractivity contribution in [3.8, 4) is 0 Å². The minimum absolute atomic E-state index is 0.00880. The Morgan fingerprint density at radius 2 is 2.15 bits per heavy atom. The average Bonchev–Trinajstić information content (AvgIpc) is 2.46. The molecule has 2 atom stereocenters. The Bertz CT molecular complexity index is 467. The molecule has 0 saturated carbocycles. The van der Waals surface area contributed by atoms with E-state index in [9.17, 15) is 4.79 Å². The summed E-state index contributed by atoms with van der Waals surface area (Å²) < 4.78 is 5.51. The Kier molecular flexibility index (Phi) is 5.36. The molecule has 1 fully saturated rings. The van der Waals surface area contributed by atoms with Gasteiger partial charge in [0.2, 0.25) is 5.91 Å². The highest BCUT2D eigenvalue weighted by atomic mass is 16.5. The highest BCUT2D eigenvalue weighted by Gasteiger charge is 2.19. The van der Waals surface area contributed by atoms with Gasteiger partial charge in [-0.2, -0.15) is 0 Å². The second kappa shape index (κ2) is 7.25. The fraction of sp³-hybridized carbons (Fsp3) is 0.471. The molecule has 1 aliphatic heterocycles. The number of hydrogen-bond acceptors (Lipinski definition) is 2. The number of allylic oxidation sites excluding steroid dienone is 1. The molecule has 3 heteroatoms. The van der Waals surface area contributed by atoms with Crippen molar-refractivity contribution >= 4 is 11.5 Å². The van der Waals surface area contributed by atoms with Gasteiger partial charge in [-0.05, 0) is 43.7 Å². The van der Waals surface area contributed by atoms with Crippen LogP contribution in [-0.4, -0.2) is 25.2 Å². The molecule has 1 N–H and O–H groups in total. The predicted molar refractivity (Wildman–Crippen MR) is 81.2 cm³/mol. The summed E-state index contributed by atoms with van der Waals surface area (Å²) in [6.45, 7) is 5.60. The molecular formula is C17H23NO2. The van der Waals surface area contributed by atoms with Crippen LogP contribution in [0.1, 0.15) is 32.3 Å². The summed E-state index contributed by atoms with van der Waals surface area (Å²) in [5.74, 6) is 0.527. The fourth-order valence-electron chi connectivity index (χ4n) is 2.55. The molecule has 108 valence electrons. The van der Waals surface area contributed by atoms with Crippen molar-refractivity contribution in [2.45, 2.75) is 32.8 Å². The van der Waals surface area contributed by atoms with Crippen LogP contribution < -0.4 is 5.32 Å². The zero-order valence-electron chi connectivity index (χ0n) is 12.3. The lowest BCUT2D eigenvalue weighted by Gasteiger charge is -2.27. The summed E-state index contributed by atoms with van der Waals surface area (Å²) in [6, 6.07) is 9.96. The smallest absolute Gasteiger partial charge is 0.244 e. The van der Waals surface area contributed by atoms with Crippen LogP contribution >= 0.6 is 0 Å². The predicted octanol–water partition coefficient (Wildman–Crippen LogP) is 3.02. The van der Waals surface area contributed by atoms with Crippen molar-refractivity contribution in [1.82, 2.24) is 5.32 Å². The summed E-state index contributed by atoms with van der Waals surface area (Å²) in [5, 5.41) is 3.00. The number of amides is 1. The summed E-state index contributed by atoms with van der Waals surface area (Å²) in [7, 11) is 0. The van der Waals surface area contributed by atoms with Gasteiger partial charge in [-0.25, -0.2) is 0 Å². The van der Waals surface area contributed by atoms with Gasteiger partial charge in [-0.1, -0.05) is 30.3 Å². The lowest BCUT2D eigenvalue weighted by molar-refractivity contribution is -0.116. The summed E-state index contributed by atoms with van der Waals surface area (Å²) in [5.41, 5.74) is 2.07. The Balaban J connectivity index is 1.83. The molecule has 0 aromatic heterocycles. The van der Waals surface area contributed by atoms with Crippen molar-refractivity contribution in [3.05, 3.63) is 42.0 Å². The molecule has 1 amide bonds. The van der Waals surface area contributed by atoms with Gasteiger partial charge in [0.05, 0.1) is 6.10 Å². The molecule has 1 saturated heterocycles. The van der Waals surface area contributed by atoms with Gasteiger partial charge in [0.25, 0.3) is 0 Å². The molecule has 1 heterocycles. The van der Waals surface area contributed by atoms with E-state index in [-0.39, 0.29) is 5.91 Å². The van der Waals surface area contributed by atoms with Gasteiger partial charge in [0, 0.05) is 19.2 Å². The van der Waals surface area contributed by atoms with Gasteiger partial charge >= 0.3 is 0 Å². The zero-order valence-corrected chi connectivity index (χ0v) is 12.3. The third-order valence-electron chi connectivity index (χ3n) is 3.74. The van der Waals surface area contributed by atoms with Crippen molar-refractivity contribution in [2.24, 2.45) is 5.92 Å². The molecule has 2 unspecified atom stereocenters. The maximum absolute atomic E-state index is 11.9. The van der Waals surface area contributed by atoms with E-state index in [4.69, 9.17) is 4.74 Å². The second-order valence-electron chi connectivity index (χ2n) is 5.51. The normalized spacial score (nSPS) is 23.4. The lowest BCUT2D eigenvalue weighted by Crippen LogP contribution is -2.33. The largest absolute Gasteiger partial charge is 0.378 e. The van der Waals surface area contributed by atoms with Gasteiger partial charge in [0.1, 0.15) is 0 Å². The van der Waals surface area contributed by atoms with Crippen LogP contribution in [0.2, 0.25) is 0 Å². The lowest BCUT2D eigenvalue weighted by atomic mass is 9.96. The SMILES string of the molecule is CC(=CC(=O)NCC1CCOC(C)C1)c1ccccc1. The molecule has 0 bridgehead atoms. The Morgan fingerprint density at radius 1 is 1.40 bits per heavy atom. The van der Waals surface area contributed by atoms with Gasteiger partial charge in [0.15, 0.2) is 0 Å². The van der Waals surface area contributed by atoms with Crippen LogP contribution in [0.25, 0.3) is 5.57 Å². The van der Waals surface area contributed by atoms with Gasteiger partial charge < -0.3 is 10.1 Å². The number of carbonyl (C=O) groups excluding carboxylic acids is 1. The first-order chi connectivity index (χ1) is 9.65. The first kappa shape index (κ1) is 14.8. The van der Waals surface area contributed by atoms with Crippen molar-refractivity contribution in [1.29, 1.82) is 0 Å². The van der Waals surface area contributed by atoms with Crippen molar-refractivity contribution in [2.75, 3.05) is 13.2 Å². The van der Waals surface area contributed by atoms with E-state index in [1.807, 2.05) is 37.3 Å². The minimum Gasteiger partial charge on any atom is -0.378 e. The summed E-state index contributed by atoms with van der Waals surface area (Å²) in [6.07, 6.45) is 4.05. The second-order valence-corrected chi connectivity index (χ2v) is 5.51. The molecule has 20 heavy (non-hydrogen) atoms. The number of hydrogen-bond donors (Lipinski definition) is 1. The molecular weight excluding hydrogens is 250 g/mol. The standard InChI is InChI=1S/C17H23NO2/c1-13(16-6-4-3-5-7-16)10-17(19)18-12-15-8-9-20-14(2)11-15/h3-7,10,14-15H,8-9,11-12H2,1-2H3,(H,18,19). The Hall–Kier alpha value is -1.61. The van der Waals surface area contributed by atoms with Gasteiger partial charge in [-0.3, -0.25) is 4.79 Å². The van der Waals surface area contributed by atoms with E-state index in [2.05, 4.69) is 12.2 Å². The third-order valence-corrected chi connectivity index (χ3v) is 3.74. The van der Waals surface area contributed by atoms with Crippen molar-refractivity contribution in [3.63, 3.8) is 0 Å². The molecule has 1 aromatic carbocycles. The quantitative estimate of drug-likeness (QED) is 0.856. The van der Waals surface area contributed by atoms with Crippen molar-refractivity contribution < 1.29 is 9.53 Å². The molecule has 2 rings (SSSR count). The Morgan fingerprint density at radius 3 is 2.85 bits per heavy atom. The van der Waals surface area contributed by atoms with Gasteiger partial charge in [-0.15, -0.1) is 0 Å². The molecule has 0 aliphatic carbocycles. The highest BCUT2D eigenvalue weighted by Crippen LogP contribution is 2.19. The van der Waals surface area contributed by atoms with E-state index in [0.717, 1.165) is 37.1 Å². The third kappa shape index (κ3) is 4.49. The first-order valence-electron chi connectivity index (χ1n) is 7.28. The van der Waals surface area contributed by atoms with E-state index < -0.39 is 0 Å². The zero-order chi connectivity index (χ0) is 14.4. The maximum atomic E-state index is 11.9. The monoisotopic (exact) mass is 273 g/mol. The topological polar surface area (TPSA) is 38.3 Å². The highest BCUT2D eigenvalue weighted by molar-refractivity contribution is 5.94. The van der Waals surface area contributed by atoms with E-state index in [1.54, 1.807) is 6.08 Å². The number of ether oxygens (including phenoxy) is 1. The maximum Gasteiger partial charge on any atom is 0.244 e. The fourth-order valence-corrected chi connectivity index (χ4v) is 2.55. The number of rotatable bonds is 4. The van der Waals surface area contributed by atoms with E-state index >= 15 is 0 Å². The van der Waals surface area contributed by atoms with Crippen LogP contribution in [0.15, 0.2) is 36.4 Å². The Labute approximate surface area is 121 Å². The molecule has 1 aliphatic rings. The van der Waals surface area contributed by atoms with Crippen LogP contribution in [0.5, 0.6) is 0 Å². The molecule has 0 spiro atoms.